The van der Waals surface area contributed by atoms with Crippen LogP contribution in [0.5, 0.6) is 5.75 Å². The summed E-state index contributed by atoms with van der Waals surface area (Å²) in [4.78, 5) is 30.7. The van der Waals surface area contributed by atoms with Crippen LogP contribution in [0.2, 0.25) is 5.02 Å². The van der Waals surface area contributed by atoms with Crippen LogP contribution in [0.15, 0.2) is 42.6 Å². The molecule has 1 aliphatic rings. The van der Waals surface area contributed by atoms with Crippen LogP contribution < -0.4 is 5.32 Å². The van der Waals surface area contributed by atoms with E-state index >= 15 is 0 Å². The van der Waals surface area contributed by atoms with Gasteiger partial charge in [-0.1, -0.05) is 23.7 Å². The second kappa shape index (κ2) is 12.1. The number of nitrogens with one attached hydrogen (secondary N) is 1. The zero-order chi connectivity index (χ0) is 25.5. The lowest BCUT2D eigenvalue weighted by molar-refractivity contribution is -0.146. The van der Waals surface area contributed by atoms with Crippen LogP contribution in [-0.4, -0.2) is 66.3 Å². The molecule has 2 aromatic carbocycles. The summed E-state index contributed by atoms with van der Waals surface area (Å²) in [6, 6.07) is 9.93. The van der Waals surface area contributed by atoms with Crippen molar-refractivity contribution in [3.8, 4) is 5.75 Å². The van der Waals surface area contributed by atoms with Crippen LogP contribution in [0.3, 0.4) is 0 Å². The van der Waals surface area contributed by atoms with Gasteiger partial charge in [0.1, 0.15) is 22.6 Å². The molecule has 36 heavy (non-hydrogen) atoms. The van der Waals surface area contributed by atoms with Crippen molar-refractivity contribution in [1.82, 2.24) is 15.2 Å². The maximum absolute atomic E-state index is 14.7. The van der Waals surface area contributed by atoms with Gasteiger partial charge in [-0.05, 0) is 48.2 Å². The number of aromatic hydroxyl groups is 1. The highest BCUT2D eigenvalue weighted by molar-refractivity contribution is 6.30. The van der Waals surface area contributed by atoms with Crippen LogP contribution >= 0.6 is 11.6 Å². The number of ether oxygens (including phenoxy) is 2. The number of esters is 1. The Morgan fingerprint density at radius 2 is 1.92 bits per heavy atom. The number of fused-ring (bicyclic) bond motifs is 1. The van der Waals surface area contributed by atoms with E-state index in [0.29, 0.717) is 49.7 Å². The summed E-state index contributed by atoms with van der Waals surface area (Å²) in [5.74, 6) is -1.78. The molecular formula is C26H27ClFN3O5. The van der Waals surface area contributed by atoms with Crippen LogP contribution in [0.4, 0.5) is 4.39 Å². The van der Waals surface area contributed by atoms with Gasteiger partial charge >= 0.3 is 5.97 Å². The Kier molecular flexibility index (Phi) is 8.69. The first kappa shape index (κ1) is 25.8. The standard InChI is InChI=1S/C26H27ClFN3O5/c27-19-5-3-17(4-6-19)14-30-26(34)21-15-29-24-20(25(21)33)12-18(13-22(24)28)2-1-9-36-23(32)16-31-7-10-35-11-8-31/h3-6,12-13,15H,1-2,7-11,14,16H2,(H,29,33)(H,30,34). The number of hydrogen-bond donors (Lipinski definition) is 2. The molecule has 2 N–H and O–H groups in total. The smallest absolute Gasteiger partial charge is 0.320 e. The fourth-order valence-electron chi connectivity index (χ4n) is 3.94. The molecule has 0 atom stereocenters. The van der Waals surface area contributed by atoms with Crippen LogP contribution in [-0.2, 0) is 27.2 Å². The SMILES string of the molecule is O=C(CN1CCOCC1)OCCCc1cc(F)c2ncc(C(=O)NCc3ccc(Cl)cc3)c(O)c2c1. The van der Waals surface area contributed by atoms with Gasteiger partial charge in [0.15, 0.2) is 0 Å². The van der Waals surface area contributed by atoms with Gasteiger partial charge in [-0.3, -0.25) is 19.5 Å². The molecule has 1 amide bonds. The van der Waals surface area contributed by atoms with Gasteiger partial charge in [0.2, 0.25) is 0 Å². The van der Waals surface area contributed by atoms with Crippen molar-refractivity contribution >= 4 is 34.4 Å². The average Bonchev–Trinajstić information content (AvgIpc) is 2.87. The lowest BCUT2D eigenvalue weighted by atomic mass is 10.0. The van der Waals surface area contributed by atoms with Gasteiger partial charge in [-0.15, -0.1) is 0 Å². The summed E-state index contributed by atoms with van der Waals surface area (Å²) in [5.41, 5.74) is 1.35. The molecule has 4 rings (SSSR count). The van der Waals surface area contributed by atoms with E-state index in [1.165, 1.54) is 6.07 Å². The van der Waals surface area contributed by atoms with Crippen molar-refractivity contribution in [3.63, 3.8) is 0 Å². The number of hydrogen-bond acceptors (Lipinski definition) is 7. The predicted molar refractivity (Wildman–Crippen MR) is 133 cm³/mol. The monoisotopic (exact) mass is 515 g/mol. The third-order valence-corrected chi connectivity index (χ3v) is 6.15. The first-order chi connectivity index (χ1) is 17.4. The molecule has 0 radical (unpaired) electrons. The second-order valence-electron chi connectivity index (χ2n) is 8.52. The van der Waals surface area contributed by atoms with Gasteiger partial charge in [0, 0.05) is 36.2 Å². The summed E-state index contributed by atoms with van der Waals surface area (Å²) in [6.07, 6.45) is 2.06. The molecule has 1 fully saturated rings. The normalized spacial score (nSPS) is 14.1. The van der Waals surface area contributed by atoms with Gasteiger partial charge in [-0.2, -0.15) is 0 Å². The summed E-state index contributed by atoms with van der Waals surface area (Å²) in [5, 5.41) is 14.2. The summed E-state index contributed by atoms with van der Waals surface area (Å²) in [7, 11) is 0. The number of aryl methyl sites for hydroxylation is 1. The topological polar surface area (TPSA) is 101 Å². The molecule has 8 nitrogen and oxygen atoms in total. The van der Waals surface area contributed by atoms with Crippen molar-refractivity contribution in [1.29, 1.82) is 0 Å². The lowest BCUT2D eigenvalue weighted by Crippen LogP contribution is -2.40. The Balaban J connectivity index is 1.36. The molecule has 1 saturated heterocycles. The molecular weight excluding hydrogens is 489 g/mol. The molecule has 1 aliphatic heterocycles. The van der Waals surface area contributed by atoms with Crippen molar-refractivity contribution in [2.24, 2.45) is 0 Å². The van der Waals surface area contributed by atoms with E-state index in [4.69, 9.17) is 21.1 Å². The van der Waals surface area contributed by atoms with E-state index in [2.05, 4.69) is 10.3 Å². The molecule has 2 heterocycles. The Morgan fingerprint density at radius 3 is 2.67 bits per heavy atom. The predicted octanol–water partition coefficient (Wildman–Crippen LogP) is 3.47. The van der Waals surface area contributed by atoms with Gasteiger partial charge in [0.25, 0.3) is 5.91 Å². The molecule has 0 saturated carbocycles. The van der Waals surface area contributed by atoms with E-state index in [1.807, 2.05) is 4.90 Å². The fraction of sp³-hybridized carbons (Fsp3) is 0.346. The van der Waals surface area contributed by atoms with Crippen LogP contribution in [0.1, 0.15) is 27.9 Å². The number of carbonyl (C=O) groups excluding carboxylic acids is 2. The maximum Gasteiger partial charge on any atom is 0.320 e. The molecule has 1 aromatic heterocycles. The highest BCUT2D eigenvalue weighted by atomic mass is 35.5. The summed E-state index contributed by atoms with van der Waals surface area (Å²) < 4.78 is 25.2. The molecule has 190 valence electrons. The maximum atomic E-state index is 14.7. The number of rotatable bonds is 9. The van der Waals surface area contributed by atoms with Crippen molar-refractivity contribution in [2.45, 2.75) is 19.4 Å². The zero-order valence-electron chi connectivity index (χ0n) is 19.6. The first-order valence-corrected chi connectivity index (χ1v) is 12.1. The highest BCUT2D eigenvalue weighted by Gasteiger charge is 2.18. The van der Waals surface area contributed by atoms with Crippen LogP contribution in [0, 0.1) is 5.82 Å². The van der Waals surface area contributed by atoms with Gasteiger partial charge in [-0.25, -0.2) is 4.39 Å². The number of nitrogens with zero attached hydrogens (tertiary/aromatic N) is 2. The summed E-state index contributed by atoms with van der Waals surface area (Å²) in [6.45, 7) is 3.25. The minimum absolute atomic E-state index is 0.0255. The largest absolute Gasteiger partial charge is 0.506 e. The van der Waals surface area contributed by atoms with Crippen LogP contribution in [0.25, 0.3) is 10.9 Å². The lowest BCUT2D eigenvalue weighted by Gasteiger charge is -2.25. The first-order valence-electron chi connectivity index (χ1n) is 11.7. The molecule has 10 heteroatoms. The molecule has 0 unspecified atom stereocenters. The van der Waals surface area contributed by atoms with Crippen molar-refractivity contribution in [3.05, 3.63) is 70.1 Å². The fourth-order valence-corrected chi connectivity index (χ4v) is 4.07. The van der Waals surface area contributed by atoms with E-state index in [1.54, 1.807) is 30.3 Å². The van der Waals surface area contributed by atoms with Gasteiger partial charge < -0.3 is 19.9 Å². The van der Waals surface area contributed by atoms with E-state index in [9.17, 15) is 19.1 Å². The average molecular weight is 516 g/mol. The number of aromatic nitrogens is 1. The zero-order valence-corrected chi connectivity index (χ0v) is 20.4. The Hall–Kier alpha value is -3.27. The second-order valence-corrected chi connectivity index (χ2v) is 8.95. The summed E-state index contributed by atoms with van der Waals surface area (Å²) >= 11 is 5.88. The molecule has 0 spiro atoms. The minimum atomic E-state index is -0.602. The van der Waals surface area contributed by atoms with E-state index in [-0.39, 0.29) is 47.9 Å². The number of pyridine rings is 1. The van der Waals surface area contributed by atoms with Crippen molar-refractivity contribution in [2.75, 3.05) is 39.5 Å². The van der Waals surface area contributed by atoms with E-state index in [0.717, 1.165) is 11.8 Å². The molecule has 3 aromatic rings. The van der Waals surface area contributed by atoms with Crippen molar-refractivity contribution < 1.29 is 28.6 Å². The highest BCUT2D eigenvalue weighted by Crippen LogP contribution is 2.30. The quantitative estimate of drug-likeness (QED) is 0.332. The Bertz CT molecular complexity index is 1230. The third-order valence-electron chi connectivity index (χ3n) is 5.90. The number of benzene rings is 2. The third kappa shape index (κ3) is 6.69. The Morgan fingerprint density at radius 1 is 1.17 bits per heavy atom. The van der Waals surface area contributed by atoms with E-state index < -0.39 is 11.7 Å². The molecule has 0 aliphatic carbocycles. The minimum Gasteiger partial charge on any atom is -0.506 e. The number of morpholine rings is 1. The number of carbonyl (C=O) groups is 2. The number of amides is 1. The van der Waals surface area contributed by atoms with Gasteiger partial charge in [0.05, 0.1) is 26.4 Å². The Labute approximate surface area is 213 Å². The molecule has 0 bridgehead atoms. The number of halogens is 2.